The number of aryl methyl sites for hydroxylation is 2. The van der Waals surface area contributed by atoms with Gasteiger partial charge in [0.2, 0.25) is 0 Å². The highest BCUT2D eigenvalue weighted by Gasteiger charge is 2.27. The highest BCUT2D eigenvalue weighted by Crippen LogP contribution is 2.25. The molecule has 1 aliphatic rings. The predicted octanol–water partition coefficient (Wildman–Crippen LogP) is 3.82. The van der Waals surface area contributed by atoms with Crippen molar-refractivity contribution < 1.29 is 23.8 Å². The van der Waals surface area contributed by atoms with Crippen molar-refractivity contribution in [3.63, 3.8) is 0 Å². The van der Waals surface area contributed by atoms with Crippen molar-refractivity contribution in [3.8, 4) is 5.75 Å². The molecule has 0 bridgehead atoms. The van der Waals surface area contributed by atoms with Crippen molar-refractivity contribution in [1.29, 1.82) is 0 Å². The zero-order valence-corrected chi connectivity index (χ0v) is 15.4. The van der Waals surface area contributed by atoms with Crippen LogP contribution in [0.4, 0.5) is 4.39 Å². The van der Waals surface area contributed by atoms with Gasteiger partial charge in [0.25, 0.3) is 5.91 Å². The fourth-order valence-corrected chi connectivity index (χ4v) is 3.18. The van der Waals surface area contributed by atoms with Crippen LogP contribution in [-0.4, -0.2) is 41.1 Å². The maximum absolute atomic E-state index is 14.1. The predicted molar refractivity (Wildman–Crippen MR) is 98.8 cm³/mol. The van der Waals surface area contributed by atoms with Gasteiger partial charge in [-0.1, -0.05) is 12.1 Å². The van der Waals surface area contributed by atoms with Gasteiger partial charge in [-0.25, -0.2) is 9.18 Å². The Bertz CT molecular complexity index is 872. The topological polar surface area (TPSA) is 66.8 Å². The van der Waals surface area contributed by atoms with E-state index >= 15 is 0 Å². The molecule has 0 spiro atoms. The lowest BCUT2D eigenvalue weighted by Crippen LogP contribution is -2.42. The summed E-state index contributed by atoms with van der Waals surface area (Å²) in [5.74, 6) is -1.60. The summed E-state index contributed by atoms with van der Waals surface area (Å²) in [6, 6.07) is 9.42. The number of hydrogen-bond donors (Lipinski definition) is 1. The van der Waals surface area contributed by atoms with Gasteiger partial charge in [0.15, 0.2) is 0 Å². The molecule has 1 amide bonds. The normalized spacial score (nSPS) is 14.9. The Morgan fingerprint density at radius 2 is 1.81 bits per heavy atom. The molecular weight excluding hydrogens is 349 g/mol. The van der Waals surface area contributed by atoms with Crippen LogP contribution < -0.4 is 4.74 Å². The number of carboxylic acids is 1. The summed E-state index contributed by atoms with van der Waals surface area (Å²) in [6.45, 7) is 4.94. The lowest BCUT2D eigenvalue weighted by atomic mass is 10.0. The van der Waals surface area contributed by atoms with E-state index in [2.05, 4.69) is 0 Å². The van der Waals surface area contributed by atoms with Crippen LogP contribution in [0.1, 0.15) is 44.7 Å². The molecule has 1 fully saturated rings. The molecule has 142 valence electrons. The Kier molecular flexibility index (Phi) is 5.44. The highest BCUT2D eigenvalue weighted by molar-refractivity contribution is 5.96. The first-order valence-electron chi connectivity index (χ1n) is 8.91. The van der Waals surface area contributed by atoms with Crippen LogP contribution in [0.2, 0.25) is 0 Å². The number of rotatable bonds is 4. The van der Waals surface area contributed by atoms with E-state index < -0.39 is 17.7 Å². The molecule has 1 saturated heterocycles. The SMILES string of the molecule is Cc1ccc(C)c(OC2CCN(C(=O)c3ccc(C(=O)O)cc3F)CC2)c1. The second-order valence-corrected chi connectivity index (χ2v) is 6.88. The Balaban J connectivity index is 1.62. The highest BCUT2D eigenvalue weighted by atomic mass is 19.1. The molecule has 6 heteroatoms. The van der Waals surface area contributed by atoms with Gasteiger partial charge < -0.3 is 14.7 Å². The van der Waals surface area contributed by atoms with Gasteiger partial charge in [-0.15, -0.1) is 0 Å². The molecular formula is C21H22FNO4. The number of ether oxygens (including phenoxy) is 1. The Morgan fingerprint density at radius 1 is 1.11 bits per heavy atom. The minimum Gasteiger partial charge on any atom is -0.490 e. The lowest BCUT2D eigenvalue weighted by molar-refractivity contribution is 0.0588. The van der Waals surface area contributed by atoms with E-state index in [1.165, 1.54) is 12.1 Å². The quantitative estimate of drug-likeness (QED) is 0.887. The fourth-order valence-electron chi connectivity index (χ4n) is 3.18. The molecule has 2 aromatic rings. The molecule has 2 aromatic carbocycles. The van der Waals surface area contributed by atoms with E-state index in [1.807, 2.05) is 32.0 Å². The molecule has 0 aliphatic carbocycles. The number of aromatic carboxylic acids is 1. The molecule has 1 aliphatic heterocycles. The van der Waals surface area contributed by atoms with Crippen LogP contribution in [-0.2, 0) is 0 Å². The largest absolute Gasteiger partial charge is 0.490 e. The third kappa shape index (κ3) is 4.27. The molecule has 1 N–H and O–H groups in total. The number of amides is 1. The van der Waals surface area contributed by atoms with Gasteiger partial charge in [-0.05, 0) is 49.2 Å². The zero-order valence-electron chi connectivity index (χ0n) is 15.4. The van der Waals surface area contributed by atoms with Crippen molar-refractivity contribution in [2.24, 2.45) is 0 Å². The van der Waals surface area contributed by atoms with Crippen LogP contribution in [0.5, 0.6) is 5.75 Å². The zero-order chi connectivity index (χ0) is 19.6. The fraction of sp³-hybridized carbons (Fsp3) is 0.333. The molecule has 0 aromatic heterocycles. The number of benzene rings is 2. The van der Waals surface area contributed by atoms with E-state index in [0.29, 0.717) is 25.9 Å². The van der Waals surface area contributed by atoms with Crippen molar-refractivity contribution in [1.82, 2.24) is 4.90 Å². The maximum atomic E-state index is 14.1. The number of hydrogen-bond acceptors (Lipinski definition) is 3. The number of likely N-dealkylation sites (tertiary alicyclic amines) is 1. The van der Waals surface area contributed by atoms with E-state index in [4.69, 9.17) is 9.84 Å². The smallest absolute Gasteiger partial charge is 0.335 e. The average molecular weight is 371 g/mol. The summed E-state index contributed by atoms with van der Waals surface area (Å²) in [5, 5.41) is 8.90. The minimum absolute atomic E-state index is 0.00813. The Labute approximate surface area is 157 Å². The van der Waals surface area contributed by atoms with Gasteiger partial charge in [0.1, 0.15) is 17.7 Å². The number of carboxylic acid groups (broad SMARTS) is 1. The average Bonchev–Trinajstić information content (AvgIpc) is 2.64. The van der Waals surface area contributed by atoms with Crippen LogP contribution in [0, 0.1) is 19.7 Å². The molecule has 0 saturated carbocycles. The van der Waals surface area contributed by atoms with E-state index in [9.17, 15) is 14.0 Å². The summed E-state index contributed by atoms with van der Waals surface area (Å²) < 4.78 is 20.2. The molecule has 0 unspecified atom stereocenters. The van der Waals surface area contributed by atoms with Crippen LogP contribution >= 0.6 is 0 Å². The number of halogens is 1. The van der Waals surface area contributed by atoms with Crippen molar-refractivity contribution in [3.05, 3.63) is 64.5 Å². The summed E-state index contributed by atoms with van der Waals surface area (Å²) in [4.78, 5) is 25.0. The first-order chi connectivity index (χ1) is 12.8. The summed E-state index contributed by atoms with van der Waals surface area (Å²) >= 11 is 0. The summed E-state index contributed by atoms with van der Waals surface area (Å²) in [7, 11) is 0. The van der Waals surface area contributed by atoms with Crippen molar-refractivity contribution >= 4 is 11.9 Å². The van der Waals surface area contributed by atoms with Crippen LogP contribution in [0.3, 0.4) is 0 Å². The first-order valence-corrected chi connectivity index (χ1v) is 8.91. The Hall–Kier alpha value is -2.89. The van der Waals surface area contributed by atoms with Gasteiger partial charge >= 0.3 is 5.97 Å². The van der Waals surface area contributed by atoms with Crippen LogP contribution in [0.25, 0.3) is 0 Å². The molecule has 27 heavy (non-hydrogen) atoms. The van der Waals surface area contributed by atoms with Gasteiger partial charge in [0.05, 0.1) is 11.1 Å². The first kappa shape index (κ1) is 18.9. The van der Waals surface area contributed by atoms with Crippen molar-refractivity contribution in [2.75, 3.05) is 13.1 Å². The molecule has 3 rings (SSSR count). The standard InChI is InChI=1S/C21H22FNO4/c1-13-3-4-14(2)19(11-13)27-16-7-9-23(10-8-16)20(24)17-6-5-15(21(25)26)12-18(17)22/h3-6,11-12,16H,7-10H2,1-2H3,(H,25,26). The molecule has 0 atom stereocenters. The van der Waals surface area contributed by atoms with E-state index in [-0.39, 0.29) is 17.2 Å². The lowest BCUT2D eigenvalue weighted by Gasteiger charge is -2.32. The maximum Gasteiger partial charge on any atom is 0.335 e. The number of carbonyl (C=O) groups is 2. The number of piperidine rings is 1. The minimum atomic E-state index is -1.22. The molecule has 0 radical (unpaired) electrons. The summed E-state index contributed by atoms with van der Waals surface area (Å²) in [5.41, 5.74) is 1.92. The second kappa shape index (κ2) is 7.78. The van der Waals surface area contributed by atoms with Crippen molar-refractivity contribution in [2.45, 2.75) is 32.8 Å². The third-order valence-corrected chi connectivity index (χ3v) is 4.81. The van der Waals surface area contributed by atoms with Gasteiger partial charge in [0, 0.05) is 25.9 Å². The summed E-state index contributed by atoms with van der Waals surface area (Å²) in [6.07, 6.45) is 1.33. The number of nitrogens with zero attached hydrogens (tertiary/aromatic N) is 1. The molecule has 1 heterocycles. The molecule has 5 nitrogen and oxygen atoms in total. The van der Waals surface area contributed by atoms with E-state index in [1.54, 1.807) is 4.90 Å². The second-order valence-electron chi connectivity index (χ2n) is 6.88. The Morgan fingerprint density at radius 3 is 2.44 bits per heavy atom. The van der Waals surface area contributed by atoms with Gasteiger partial charge in [-0.2, -0.15) is 0 Å². The number of carbonyl (C=O) groups excluding carboxylic acids is 1. The van der Waals surface area contributed by atoms with Gasteiger partial charge in [-0.3, -0.25) is 4.79 Å². The third-order valence-electron chi connectivity index (χ3n) is 4.81. The monoisotopic (exact) mass is 371 g/mol. The van der Waals surface area contributed by atoms with Crippen LogP contribution in [0.15, 0.2) is 36.4 Å². The van der Waals surface area contributed by atoms with E-state index in [0.717, 1.165) is 22.9 Å².